The molecular formula is C15H15F3N4O2. The van der Waals surface area contributed by atoms with Gasteiger partial charge in [-0.3, -0.25) is 0 Å². The van der Waals surface area contributed by atoms with E-state index in [-0.39, 0.29) is 24.5 Å². The molecule has 2 rings (SSSR count). The Hall–Kier alpha value is -2.52. The summed E-state index contributed by atoms with van der Waals surface area (Å²) in [5.74, 6) is 0.134. The van der Waals surface area contributed by atoms with E-state index < -0.39 is 18.3 Å². The van der Waals surface area contributed by atoms with E-state index in [0.29, 0.717) is 16.8 Å². The molecule has 2 aromatic rings. The third-order valence-corrected chi connectivity index (χ3v) is 3.23. The third kappa shape index (κ3) is 4.27. The van der Waals surface area contributed by atoms with Gasteiger partial charge in [0, 0.05) is 6.54 Å². The fourth-order valence-electron chi connectivity index (χ4n) is 1.93. The minimum Gasteiger partial charge on any atom is -0.390 e. The number of hydrogen-bond donors (Lipinski definition) is 2. The summed E-state index contributed by atoms with van der Waals surface area (Å²) in [6.45, 7) is 3.45. The number of benzene rings is 1. The minimum absolute atomic E-state index is 0.0619. The second-order valence-electron chi connectivity index (χ2n) is 4.93. The maximum Gasteiger partial charge on any atom is 0.416 e. The Morgan fingerprint density at radius 3 is 2.46 bits per heavy atom. The van der Waals surface area contributed by atoms with Crippen LogP contribution in [0.2, 0.25) is 0 Å². The first-order valence-corrected chi connectivity index (χ1v) is 6.89. The van der Waals surface area contributed by atoms with Crippen LogP contribution in [0.4, 0.5) is 19.0 Å². The van der Waals surface area contributed by atoms with Gasteiger partial charge in [-0.2, -0.15) is 13.2 Å². The fraction of sp³-hybridized carbons (Fsp3) is 0.267. The van der Waals surface area contributed by atoms with Crippen LogP contribution in [0.25, 0.3) is 0 Å². The number of nitrogens with zero attached hydrogens (tertiary/aromatic N) is 3. The number of rotatable bonds is 6. The SMILES string of the molecule is C=C(Cc1ccc(C(F)(F)F)cc1)C(CO)=Nc1nonc1CN. The van der Waals surface area contributed by atoms with Crippen LogP contribution >= 0.6 is 0 Å². The summed E-state index contributed by atoms with van der Waals surface area (Å²) in [5, 5.41) is 16.6. The van der Waals surface area contributed by atoms with E-state index in [1.54, 1.807) is 0 Å². The summed E-state index contributed by atoms with van der Waals surface area (Å²) < 4.78 is 42.2. The Morgan fingerprint density at radius 2 is 1.92 bits per heavy atom. The van der Waals surface area contributed by atoms with Gasteiger partial charge >= 0.3 is 6.18 Å². The monoisotopic (exact) mass is 340 g/mol. The highest BCUT2D eigenvalue weighted by Crippen LogP contribution is 2.29. The topological polar surface area (TPSA) is 97.5 Å². The van der Waals surface area contributed by atoms with Crippen molar-refractivity contribution in [2.75, 3.05) is 6.61 Å². The van der Waals surface area contributed by atoms with Crippen LogP contribution in [-0.4, -0.2) is 27.7 Å². The number of alkyl halides is 3. The minimum atomic E-state index is -4.38. The lowest BCUT2D eigenvalue weighted by Crippen LogP contribution is -2.10. The van der Waals surface area contributed by atoms with E-state index in [0.717, 1.165) is 12.1 Å². The molecule has 0 spiro atoms. The van der Waals surface area contributed by atoms with E-state index in [1.165, 1.54) is 12.1 Å². The number of hydrogen-bond acceptors (Lipinski definition) is 6. The fourth-order valence-corrected chi connectivity index (χ4v) is 1.93. The van der Waals surface area contributed by atoms with Gasteiger partial charge in [-0.05, 0) is 34.8 Å². The Balaban J connectivity index is 2.15. The highest BCUT2D eigenvalue weighted by Gasteiger charge is 2.29. The van der Waals surface area contributed by atoms with Crippen LogP contribution < -0.4 is 5.73 Å². The molecule has 1 aromatic carbocycles. The molecule has 3 N–H and O–H groups in total. The molecule has 1 heterocycles. The van der Waals surface area contributed by atoms with Crippen LogP contribution in [0.3, 0.4) is 0 Å². The maximum absolute atomic E-state index is 12.5. The molecule has 9 heteroatoms. The lowest BCUT2D eigenvalue weighted by atomic mass is 10.0. The van der Waals surface area contributed by atoms with Crippen LogP contribution in [0.15, 0.2) is 46.0 Å². The number of aromatic nitrogens is 2. The van der Waals surface area contributed by atoms with Crippen LogP contribution in [-0.2, 0) is 19.1 Å². The zero-order valence-electron chi connectivity index (χ0n) is 12.5. The van der Waals surface area contributed by atoms with Crippen molar-refractivity contribution in [2.24, 2.45) is 10.7 Å². The number of aliphatic hydroxyl groups excluding tert-OH is 1. The predicted molar refractivity (Wildman–Crippen MR) is 80.7 cm³/mol. The lowest BCUT2D eigenvalue weighted by Gasteiger charge is -2.09. The highest BCUT2D eigenvalue weighted by molar-refractivity contribution is 6.02. The second kappa shape index (κ2) is 7.37. The van der Waals surface area contributed by atoms with Gasteiger partial charge in [-0.25, -0.2) is 9.62 Å². The number of aliphatic imine (C=N–C) groups is 1. The summed E-state index contributed by atoms with van der Waals surface area (Å²) in [5.41, 5.74) is 6.31. The molecule has 0 bridgehead atoms. The molecule has 24 heavy (non-hydrogen) atoms. The van der Waals surface area contributed by atoms with Gasteiger partial charge in [0.2, 0.25) is 5.82 Å². The van der Waals surface area contributed by atoms with E-state index >= 15 is 0 Å². The summed E-state index contributed by atoms with van der Waals surface area (Å²) >= 11 is 0. The molecule has 0 amide bonds. The van der Waals surface area contributed by atoms with E-state index in [1.807, 2.05) is 0 Å². The first-order valence-electron chi connectivity index (χ1n) is 6.89. The molecule has 0 saturated carbocycles. The predicted octanol–water partition coefficient (Wildman–Crippen LogP) is 2.41. The van der Waals surface area contributed by atoms with Crippen molar-refractivity contribution in [3.63, 3.8) is 0 Å². The third-order valence-electron chi connectivity index (χ3n) is 3.23. The van der Waals surface area contributed by atoms with Gasteiger partial charge in [-0.15, -0.1) is 0 Å². The van der Waals surface area contributed by atoms with E-state index in [2.05, 4.69) is 26.5 Å². The van der Waals surface area contributed by atoms with Gasteiger partial charge < -0.3 is 10.8 Å². The quantitative estimate of drug-likeness (QED) is 0.787. The standard InChI is InChI=1S/C15H15F3N4O2/c1-9(6-10-2-4-11(5-3-10)15(16,17)18)13(8-23)20-14-12(7-19)21-24-22-14/h2-5,23H,1,6-8,19H2. The first kappa shape index (κ1) is 17.8. The average Bonchev–Trinajstić information content (AvgIpc) is 2.99. The van der Waals surface area contributed by atoms with Crippen molar-refractivity contribution >= 4 is 11.5 Å². The average molecular weight is 340 g/mol. The molecule has 0 saturated heterocycles. The van der Waals surface area contributed by atoms with E-state index in [9.17, 15) is 18.3 Å². The summed E-state index contributed by atoms with van der Waals surface area (Å²) in [7, 11) is 0. The number of halogens is 3. The van der Waals surface area contributed by atoms with E-state index in [4.69, 9.17) is 5.73 Å². The molecule has 0 aliphatic carbocycles. The smallest absolute Gasteiger partial charge is 0.390 e. The summed E-state index contributed by atoms with van der Waals surface area (Å²) in [6, 6.07) is 4.69. The van der Waals surface area contributed by atoms with Gasteiger partial charge in [0.05, 0.1) is 17.9 Å². The lowest BCUT2D eigenvalue weighted by molar-refractivity contribution is -0.137. The van der Waals surface area contributed by atoms with Gasteiger partial charge in [-0.1, -0.05) is 23.9 Å². The molecule has 0 radical (unpaired) electrons. The number of aliphatic hydroxyl groups is 1. The molecule has 0 unspecified atom stereocenters. The van der Waals surface area contributed by atoms with Crippen molar-refractivity contribution in [3.05, 3.63) is 53.2 Å². The van der Waals surface area contributed by atoms with Gasteiger partial charge in [0.15, 0.2) is 0 Å². The maximum atomic E-state index is 12.5. The molecular weight excluding hydrogens is 325 g/mol. The van der Waals surface area contributed by atoms with Crippen molar-refractivity contribution in [3.8, 4) is 0 Å². The molecule has 1 aromatic heterocycles. The first-order chi connectivity index (χ1) is 11.3. The highest BCUT2D eigenvalue weighted by atomic mass is 19.4. The van der Waals surface area contributed by atoms with Crippen LogP contribution in [0.1, 0.15) is 16.8 Å². The van der Waals surface area contributed by atoms with Crippen molar-refractivity contribution in [2.45, 2.75) is 19.1 Å². The van der Waals surface area contributed by atoms with Crippen molar-refractivity contribution in [1.29, 1.82) is 0 Å². The molecule has 0 aliphatic heterocycles. The summed E-state index contributed by atoms with van der Waals surface area (Å²) in [6.07, 6.45) is -4.16. The molecule has 128 valence electrons. The Bertz CT molecular complexity index is 736. The zero-order valence-corrected chi connectivity index (χ0v) is 12.5. The van der Waals surface area contributed by atoms with Crippen molar-refractivity contribution in [1.82, 2.24) is 10.3 Å². The van der Waals surface area contributed by atoms with Crippen molar-refractivity contribution < 1.29 is 22.9 Å². The largest absolute Gasteiger partial charge is 0.416 e. The molecule has 0 atom stereocenters. The normalized spacial score (nSPS) is 12.5. The summed E-state index contributed by atoms with van der Waals surface area (Å²) in [4.78, 5) is 4.10. The number of nitrogens with two attached hydrogens (primary N) is 1. The Kier molecular flexibility index (Phi) is 5.47. The Morgan fingerprint density at radius 1 is 1.25 bits per heavy atom. The Labute approximate surface area is 135 Å². The molecule has 6 nitrogen and oxygen atoms in total. The zero-order chi connectivity index (χ0) is 17.7. The second-order valence-corrected chi connectivity index (χ2v) is 4.93. The van der Waals surface area contributed by atoms with Crippen LogP contribution in [0, 0.1) is 0 Å². The molecule has 0 fully saturated rings. The molecule has 0 aliphatic rings. The van der Waals surface area contributed by atoms with Gasteiger partial charge in [0.25, 0.3) is 0 Å². The van der Waals surface area contributed by atoms with Gasteiger partial charge in [0.1, 0.15) is 5.69 Å². The van der Waals surface area contributed by atoms with Crippen LogP contribution in [0.5, 0.6) is 0 Å².